The van der Waals surface area contributed by atoms with E-state index in [9.17, 15) is 23.1 Å². The van der Waals surface area contributed by atoms with Crippen LogP contribution in [0.5, 0.6) is 5.75 Å². The lowest BCUT2D eigenvalue weighted by molar-refractivity contribution is -0.909. The molecule has 10 heteroatoms. The van der Waals surface area contributed by atoms with Gasteiger partial charge in [-0.2, -0.15) is 13.2 Å². The van der Waals surface area contributed by atoms with Gasteiger partial charge in [0.15, 0.2) is 0 Å². The van der Waals surface area contributed by atoms with Crippen LogP contribution in [-0.4, -0.2) is 33.7 Å². The third-order valence-electron chi connectivity index (χ3n) is 5.36. The maximum absolute atomic E-state index is 12.8. The van der Waals surface area contributed by atoms with Gasteiger partial charge < -0.3 is 19.2 Å². The van der Waals surface area contributed by atoms with Gasteiger partial charge in [0.25, 0.3) is 0 Å². The van der Waals surface area contributed by atoms with Crippen molar-refractivity contribution in [3.05, 3.63) is 71.1 Å². The van der Waals surface area contributed by atoms with Crippen LogP contribution >= 0.6 is 11.8 Å². The molecule has 4 rings (SSSR count). The lowest BCUT2D eigenvalue weighted by atomic mass is 10.1. The Balaban J connectivity index is 1.41. The molecule has 0 amide bonds. The van der Waals surface area contributed by atoms with Crippen LogP contribution in [0.4, 0.5) is 13.2 Å². The molecule has 0 radical (unpaired) electrons. The first kappa shape index (κ1) is 23.2. The molecule has 6 nitrogen and oxygen atoms in total. The summed E-state index contributed by atoms with van der Waals surface area (Å²) in [6, 6.07) is 12.1. The number of ether oxygens (including phenoxy) is 1. The van der Waals surface area contributed by atoms with E-state index in [0.29, 0.717) is 29.3 Å². The first-order valence-corrected chi connectivity index (χ1v) is 11.3. The summed E-state index contributed by atoms with van der Waals surface area (Å²) >= 11 is 1.45. The number of carbonyl (C=O) groups is 1. The third-order valence-corrected chi connectivity index (χ3v) is 6.67. The Hall–Kier alpha value is -2.98. The Morgan fingerprint density at radius 3 is 2.73 bits per heavy atom. The van der Waals surface area contributed by atoms with Gasteiger partial charge in [0.1, 0.15) is 30.4 Å². The van der Waals surface area contributed by atoms with Crippen LogP contribution in [0.1, 0.15) is 22.6 Å². The summed E-state index contributed by atoms with van der Waals surface area (Å²) < 4.78 is 49.8. The minimum Gasteiger partial charge on any atom is -0.487 e. The second-order valence-corrected chi connectivity index (χ2v) is 8.92. The average Bonchev–Trinajstić information content (AvgIpc) is 3.38. The number of carboxylic acids is 1. The highest BCUT2D eigenvalue weighted by Gasteiger charge is 2.35. The monoisotopic (exact) mass is 479 g/mol. The smallest absolute Gasteiger partial charge is 0.416 e. The molecule has 2 N–H and O–H groups in total. The number of hydrogen-bond donors (Lipinski definition) is 2. The number of quaternary nitrogens is 1. The SMILES string of the molecule is Cc1oc(-c2ccc(C(F)(F)F)cc2)nc1COc1cccc(C[NH+]2CCSC2C(=O)O)c1. The van der Waals surface area contributed by atoms with Gasteiger partial charge in [-0.05, 0) is 43.3 Å². The number of oxazole rings is 1. The van der Waals surface area contributed by atoms with Crippen LogP contribution in [-0.2, 0) is 24.1 Å². The standard InChI is InChI=1S/C23H21F3N2O4S/c1-14-19(27-20(32-14)16-5-7-17(8-6-16)23(24,25)26)13-31-18-4-2-3-15(11-18)12-28-9-10-33-21(28)22(29)30/h2-8,11,21H,9-10,12-13H2,1H3,(H,29,30)/p+1. The Morgan fingerprint density at radius 2 is 2.03 bits per heavy atom. The first-order valence-electron chi connectivity index (χ1n) is 10.3. The molecule has 1 aromatic heterocycles. The molecule has 0 bridgehead atoms. The molecule has 2 aromatic carbocycles. The van der Waals surface area contributed by atoms with Crippen molar-refractivity contribution in [2.24, 2.45) is 0 Å². The van der Waals surface area contributed by atoms with E-state index < -0.39 is 23.1 Å². The summed E-state index contributed by atoms with van der Waals surface area (Å²) in [5, 5.41) is 8.89. The van der Waals surface area contributed by atoms with E-state index in [1.54, 1.807) is 13.0 Å². The fourth-order valence-corrected chi connectivity index (χ4v) is 4.83. The topological polar surface area (TPSA) is 77.0 Å². The normalized spacial score (nSPS) is 18.4. The second kappa shape index (κ2) is 9.48. The number of rotatable bonds is 7. The van der Waals surface area contributed by atoms with Crippen molar-refractivity contribution < 1.29 is 37.1 Å². The van der Waals surface area contributed by atoms with Crippen molar-refractivity contribution in [1.82, 2.24) is 4.98 Å². The number of nitrogens with zero attached hydrogens (tertiary/aromatic N) is 1. The lowest BCUT2D eigenvalue weighted by Gasteiger charge is -2.17. The maximum Gasteiger partial charge on any atom is 0.416 e. The van der Waals surface area contributed by atoms with Crippen molar-refractivity contribution in [1.29, 1.82) is 0 Å². The number of nitrogens with one attached hydrogen (secondary N) is 1. The van der Waals surface area contributed by atoms with E-state index in [1.807, 2.05) is 18.2 Å². The number of aromatic nitrogens is 1. The van der Waals surface area contributed by atoms with Gasteiger partial charge >= 0.3 is 12.1 Å². The Morgan fingerprint density at radius 1 is 1.27 bits per heavy atom. The molecule has 0 spiro atoms. The number of halogens is 3. The number of benzene rings is 2. The first-order chi connectivity index (χ1) is 15.7. The van der Waals surface area contributed by atoms with Gasteiger partial charge in [-0.15, -0.1) is 0 Å². The van der Waals surface area contributed by atoms with Crippen molar-refractivity contribution >= 4 is 17.7 Å². The number of carboxylic acid groups (broad SMARTS) is 1. The van der Waals surface area contributed by atoms with Crippen LogP contribution in [0.25, 0.3) is 11.5 Å². The lowest BCUT2D eigenvalue weighted by Crippen LogP contribution is -3.13. The summed E-state index contributed by atoms with van der Waals surface area (Å²) in [7, 11) is 0. The van der Waals surface area contributed by atoms with Crippen LogP contribution in [0, 0.1) is 6.92 Å². The van der Waals surface area contributed by atoms with E-state index in [2.05, 4.69) is 4.98 Å². The molecular weight excluding hydrogens is 457 g/mol. The molecule has 1 aliphatic heterocycles. The van der Waals surface area contributed by atoms with Gasteiger partial charge in [0, 0.05) is 16.9 Å². The number of aryl methyl sites for hydroxylation is 1. The third kappa shape index (κ3) is 5.51. The predicted molar refractivity (Wildman–Crippen MR) is 116 cm³/mol. The minimum absolute atomic E-state index is 0.129. The van der Waals surface area contributed by atoms with Crippen molar-refractivity contribution in [2.75, 3.05) is 12.3 Å². The molecule has 1 aliphatic rings. The van der Waals surface area contributed by atoms with E-state index in [0.717, 1.165) is 34.9 Å². The van der Waals surface area contributed by atoms with E-state index in [-0.39, 0.29) is 12.5 Å². The number of aliphatic carboxylic acids is 1. The Bertz CT molecular complexity index is 1130. The van der Waals surface area contributed by atoms with E-state index >= 15 is 0 Å². The van der Waals surface area contributed by atoms with Crippen LogP contribution in [0.3, 0.4) is 0 Å². The molecule has 2 heterocycles. The second-order valence-electron chi connectivity index (χ2n) is 7.71. The molecule has 0 saturated carbocycles. The molecule has 1 saturated heterocycles. The quantitative estimate of drug-likeness (QED) is 0.537. The predicted octanol–water partition coefficient (Wildman–Crippen LogP) is 3.79. The van der Waals surface area contributed by atoms with Gasteiger partial charge in [0.2, 0.25) is 11.3 Å². The summed E-state index contributed by atoms with van der Waals surface area (Å²) in [6.45, 7) is 3.22. The zero-order valence-electron chi connectivity index (χ0n) is 17.7. The molecule has 33 heavy (non-hydrogen) atoms. The Labute approximate surface area is 192 Å². The molecule has 174 valence electrons. The number of hydrogen-bond acceptors (Lipinski definition) is 5. The summed E-state index contributed by atoms with van der Waals surface area (Å²) in [4.78, 5) is 16.8. The number of thioether (sulfide) groups is 1. The highest BCUT2D eigenvalue weighted by atomic mass is 32.2. The molecule has 2 unspecified atom stereocenters. The minimum atomic E-state index is -4.40. The van der Waals surface area contributed by atoms with Crippen LogP contribution in [0.2, 0.25) is 0 Å². The van der Waals surface area contributed by atoms with Gasteiger partial charge in [-0.25, -0.2) is 9.78 Å². The van der Waals surface area contributed by atoms with Crippen LogP contribution in [0.15, 0.2) is 52.9 Å². The highest BCUT2D eigenvalue weighted by Crippen LogP contribution is 2.31. The summed E-state index contributed by atoms with van der Waals surface area (Å²) in [6.07, 6.45) is -4.40. The van der Waals surface area contributed by atoms with Crippen molar-refractivity contribution in [3.8, 4) is 17.2 Å². The largest absolute Gasteiger partial charge is 0.487 e. The van der Waals surface area contributed by atoms with Gasteiger partial charge in [-0.3, -0.25) is 0 Å². The fourth-order valence-electron chi connectivity index (χ4n) is 3.63. The summed E-state index contributed by atoms with van der Waals surface area (Å²) in [5.41, 5.74) is 1.22. The summed E-state index contributed by atoms with van der Waals surface area (Å²) in [5.74, 6) is 1.37. The molecule has 3 aromatic rings. The fraction of sp³-hybridized carbons (Fsp3) is 0.304. The zero-order valence-corrected chi connectivity index (χ0v) is 18.5. The molecule has 0 aliphatic carbocycles. The zero-order chi connectivity index (χ0) is 23.6. The number of alkyl halides is 3. The molecular formula is C23H22F3N2O4S+. The molecule has 2 atom stereocenters. The van der Waals surface area contributed by atoms with E-state index in [4.69, 9.17) is 9.15 Å². The highest BCUT2D eigenvalue weighted by molar-refractivity contribution is 8.00. The van der Waals surface area contributed by atoms with Crippen molar-refractivity contribution in [2.45, 2.75) is 31.6 Å². The van der Waals surface area contributed by atoms with Gasteiger partial charge in [-0.1, -0.05) is 23.9 Å². The van der Waals surface area contributed by atoms with Crippen LogP contribution < -0.4 is 9.64 Å². The van der Waals surface area contributed by atoms with Crippen molar-refractivity contribution in [3.63, 3.8) is 0 Å². The van der Waals surface area contributed by atoms with E-state index in [1.165, 1.54) is 23.9 Å². The molecule has 1 fully saturated rings. The van der Waals surface area contributed by atoms with Gasteiger partial charge in [0.05, 0.1) is 12.1 Å². The maximum atomic E-state index is 12.8. The Kier molecular flexibility index (Phi) is 6.66. The average molecular weight is 480 g/mol.